The lowest BCUT2D eigenvalue weighted by molar-refractivity contribution is -0.117. The van der Waals surface area contributed by atoms with Gasteiger partial charge in [-0.25, -0.2) is 0 Å². The van der Waals surface area contributed by atoms with Crippen LogP contribution in [0, 0.1) is 13.8 Å². The zero-order valence-electron chi connectivity index (χ0n) is 12.7. The summed E-state index contributed by atoms with van der Waals surface area (Å²) in [5.74, 6) is 0.0224. The first-order valence-corrected chi connectivity index (χ1v) is 7.57. The lowest BCUT2D eigenvalue weighted by Gasteiger charge is -2.23. The van der Waals surface area contributed by atoms with Crippen LogP contribution in [0.4, 0.5) is 5.69 Å². The molecule has 0 aromatic heterocycles. The fourth-order valence-corrected chi connectivity index (χ4v) is 2.83. The second-order valence-electron chi connectivity index (χ2n) is 5.39. The summed E-state index contributed by atoms with van der Waals surface area (Å²) >= 11 is 4.49. The van der Waals surface area contributed by atoms with Crippen molar-refractivity contribution in [3.05, 3.63) is 65.2 Å². The average Bonchev–Trinajstić information content (AvgIpc) is 2.47. The van der Waals surface area contributed by atoms with Crippen molar-refractivity contribution in [2.45, 2.75) is 25.5 Å². The van der Waals surface area contributed by atoms with Crippen molar-refractivity contribution < 1.29 is 4.79 Å². The number of thiol groups is 1. The summed E-state index contributed by atoms with van der Waals surface area (Å²) in [6.07, 6.45) is 0.637. The molecule has 3 heteroatoms. The van der Waals surface area contributed by atoms with E-state index in [1.165, 1.54) is 5.56 Å². The SMILES string of the molecule is Cc1ccc(N(C)C(=O)C(S)Cc2ccccc2)c(C)c1. The maximum Gasteiger partial charge on any atom is 0.239 e. The van der Waals surface area contributed by atoms with Crippen molar-refractivity contribution in [2.75, 3.05) is 11.9 Å². The fourth-order valence-electron chi connectivity index (χ4n) is 2.45. The van der Waals surface area contributed by atoms with Gasteiger partial charge in [-0.1, -0.05) is 48.0 Å². The van der Waals surface area contributed by atoms with Gasteiger partial charge in [-0.3, -0.25) is 4.79 Å². The first kappa shape index (κ1) is 15.6. The van der Waals surface area contributed by atoms with Gasteiger partial charge >= 0.3 is 0 Å². The van der Waals surface area contributed by atoms with Crippen LogP contribution in [0.2, 0.25) is 0 Å². The van der Waals surface area contributed by atoms with Gasteiger partial charge in [0.2, 0.25) is 5.91 Å². The molecular formula is C18H21NOS. The minimum Gasteiger partial charge on any atom is -0.314 e. The normalized spacial score (nSPS) is 12.0. The van der Waals surface area contributed by atoms with Gasteiger partial charge in [-0.05, 0) is 37.5 Å². The van der Waals surface area contributed by atoms with E-state index in [1.807, 2.05) is 56.4 Å². The number of aryl methyl sites for hydroxylation is 2. The summed E-state index contributed by atoms with van der Waals surface area (Å²) in [4.78, 5) is 14.2. The number of rotatable bonds is 4. The van der Waals surface area contributed by atoms with E-state index >= 15 is 0 Å². The van der Waals surface area contributed by atoms with E-state index in [1.54, 1.807) is 4.90 Å². The number of benzene rings is 2. The van der Waals surface area contributed by atoms with E-state index in [0.717, 1.165) is 16.8 Å². The van der Waals surface area contributed by atoms with Crippen LogP contribution in [-0.2, 0) is 11.2 Å². The predicted octanol–water partition coefficient (Wildman–Crippen LogP) is 3.81. The van der Waals surface area contributed by atoms with Crippen LogP contribution in [0.5, 0.6) is 0 Å². The molecule has 0 aliphatic rings. The third-order valence-electron chi connectivity index (χ3n) is 3.60. The van der Waals surface area contributed by atoms with Crippen LogP contribution in [0.3, 0.4) is 0 Å². The molecule has 0 heterocycles. The molecule has 1 amide bonds. The summed E-state index contributed by atoms with van der Waals surface area (Å²) in [6, 6.07) is 16.1. The van der Waals surface area contributed by atoms with Crippen LogP contribution >= 0.6 is 12.6 Å². The molecule has 0 fully saturated rings. The Bertz CT molecular complexity index is 624. The number of amides is 1. The highest BCUT2D eigenvalue weighted by Gasteiger charge is 2.20. The molecule has 2 rings (SSSR count). The smallest absolute Gasteiger partial charge is 0.239 e. The molecule has 1 atom stereocenters. The maximum atomic E-state index is 12.5. The lowest BCUT2D eigenvalue weighted by atomic mass is 10.1. The van der Waals surface area contributed by atoms with Gasteiger partial charge in [0.05, 0.1) is 5.25 Å². The molecule has 0 saturated heterocycles. The summed E-state index contributed by atoms with van der Waals surface area (Å²) in [6.45, 7) is 4.08. The van der Waals surface area contributed by atoms with Gasteiger partial charge in [0, 0.05) is 12.7 Å². The monoisotopic (exact) mass is 299 g/mol. The summed E-state index contributed by atoms with van der Waals surface area (Å²) in [5, 5.41) is -0.335. The quantitative estimate of drug-likeness (QED) is 0.851. The zero-order valence-corrected chi connectivity index (χ0v) is 13.6. The van der Waals surface area contributed by atoms with Gasteiger partial charge in [-0.15, -0.1) is 0 Å². The molecule has 21 heavy (non-hydrogen) atoms. The highest BCUT2D eigenvalue weighted by Crippen LogP contribution is 2.22. The molecule has 0 N–H and O–H groups in total. The Kier molecular flexibility index (Phi) is 5.07. The molecule has 0 spiro atoms. The molecule has 110 valence electrons. The molecule has 0 aliphatic carbocycles. The lowest BCUT2D eigenvalue weighted by Crippen LogP contribution is -2.35. The van der Waals surface area contributed by atoms with Crippen molar-refractivity contribution >= 4 is 24.2 Å². The van der Waals surface area contributed by atoms with Crippen molar-refractivity contribution in [1.29, 1.82) is 0 Å². The van der Waals surface area contributed by atoms with E-state index in [4.69, 9.17) is 0 Å². The minimum absolute atomic E-state index is 0.0224. The number of carbonyl (C=O) groups excluding carboxylic acids is 1. The first-order chi connectivity index (χ1) is 9.99. The Morgan fingerprint density at radius 3 is 2.43 bits per heavy atom. The van der Waals surface area contributed by atoms with Crippen molar-refractivity contribution in [3.63, 3.8) is 0 Å². The van der Waals surface area contributed by atoms with Crippen molar-refractivity contribution in [1.82, 2.24) is 0 Å². The maximum absolute atomic E-state index is 12.5. The Hall–Kier alpha value is -1.74. The third kappa shape index (κ3) is 3.88. The van der Waals surface area contributed by atoms with Crippen LogP contribution in [0.25, 0.3) is 0 Å². The fraction of sp³-hybridized carbons (Fsp3) is 0.278. The van der Waals surface area contributed by atoms with Gasteiger partial charge in [0.15, 0.2) is 0 Å². The highest BCUT2D eigenvalue weighted by atomic mass is 32.1. The molecule has 0 radical (unpaired) electrons. The van der Waals surface area contributed by atoms with E-state index in [2.05, 4.69) is 25.6 Å². The molecule has 2 aromatic carbocycles. The molecule has 2 nitrogen and oxygen atoms in total. The number of hydrogen-bond donors (Lipinski definition) is 1. The van der Waals surface area contributed by atoms with Crippen LogP contribution in [0.15, 0.2) is 48.5 Å². The average molecular weight is 299 g/mol. The molecule has 1 unspecified atom stereocenters. The summed E-state index contributed by atoms with van der Waals surface area (Å²) in [5.41, 5.74) is 4.37. The zero-order chi connectivity index (χ0) is 15.4. The van der Waals surface area contributed by atoms with E-state index in [0.29, 0.717) is 6.42 Å². The second-order valence-corrected chi connectivity index (χ2v) is 6.02. The van der Waals surface area contributed by atoms with Gasteiger partial charge in [0.1, 0.15) is 0 Å². The Labute approximate surface area is 132 Å². The molecule has 2 aromatic rings. The van der Waals surface area contributed by atoms with Crippen LogP contribution in [0.1, 0.15) is 16.7 Å². The third-order valence-corrected chi connectivity index (χ3v) is 4.00. The Morgan fingerprint density at radius 1 is 1.14 bits per heavy atom. The van der Waals surface area contributed by atoms with Crippen LogP contribution in [-0.4, -0.2) is 18.2 Å². The van der Waals surface area contributed by atoms with E-state index in [-0.39, 0.29) is 11.2 Å². The van der Waals surface area contributed by atoms with Gasteiger partial charge in [0.25, 0.3) is 0 Å². The number of hydrogen-bond acceptors (Lipinski definition) is 2. The van der Waals surface area contributed by atoms with Gasteiger partial charge in [-0.2, -0.15) is 12.6 Å². The summed E-state index contributed by atoms with van der Waals surface area (Å²) < 4.78 is 0. The van der Waals surface area contributed by atoms with Crippen molar-refractivity contribution in [2.24, 2.45) is 0 Å². The number of carbonyl (C=O) groups is 1. The minimum atomic E-state index is -0.335. The molecular weight excluding hydrogens is 278 g/mol. The highest BCUT2D eigenvalue weighted by molar-refractivity contribution is 7.81. The standard InChI is InChI=1S/C18H21NOS/c1-13-9-10-16(14(2)11-13)19(3)18(20)17(21)12-15-7-5-4-6-8-15/h4-11,17,21H,12H2,1-3H3. The number of anilines is 1. The number of nitrogens with zero attached hydrogens (tertiary/aromatic N) is 1. The molecule has 0 saturated carbocycles. The Balaban J connectivity index is 2.11. The molecule has 0 bridgehead atoms. The first-order valence-electron chi connectivity index (χ1n) is 7.06. The van der Waals surface area contributed by atoms with Gasteiger partial charge < -0.3 is 4.90 Å². The topological polar surface area (TPSA) is 20.3 Å². The second kappa shape index (κ2) is 6.81. The predicted molar refractivity (Wildman–Crippen MR) is 92.2 cm³/mol. The Morgan fingerprint density at radius 2 is 1.81 bits per heavy atom. The molecule has 0 aliphatic heterocycles. The van der Waals surface area contributed by atoms with E-state index < -0.39 is 0 Å². The van der Waals surface area contributed by atoms with Crippen LogP contribution < -0.4 is 4.90 Å². The van der Waals surface area contributed by atoms with E-state index in [9.17, 15) is 4.79 Å². The summed E-state index contributed by atoms with van der Waals surface area (Å²) in [7, 11) is 1.81. The van der Waals surface area contributed by atoms with Crippen molar-refractivity contribution in [3.8, 4) is 0 Å². The largest absolute Gasteiger partial charge is 0.314 e.